The Hall–Kier alpha value is -2.24. The summed E-state index contributed by atoms with van der Waals surface area (Å²) in [4.78, 5) is 25.5. The molecule has 1 amide bonds. The number of fused-ring (bicyclic) bond motifs is 1. The Morgan fingerprint density at radius 3 is 3.00 bits per heavy atom. The molecule has 1 aromatic carbocycles. The van der Waals surface area contributed by atoms with Crippen LogP contribution in [0.4, 0.5) is 0 Å². The molecule has 6 nitrogen and oxygen atoms in total. The normalized spacial score (nSPS) is 23.1. The minimum absolute atomic E-state index is 0.123. The van der Waals surface area contributed by atoms with Crippen LogP contribution in [-0.4, -0.2) is 47.7 Å². The lowest BCUT2D eigenvalue weighted by molar-refractivity contribution is -0.150. The van der Waals surface area contributed by atoms with Crippen molar-refractivity contribution in [2.75, 3.05) is 19.8 Å². The van der Waals surface area contributed by atoms with E-state index < -0.39 is 12.0 Å². The molecule has 124 valence electrons. The van der Waals surface area contributed by atoms with Gasteiger partial charge in [-0.3, -0.25) is 4.79 Å². The minimum atomic E-state index is -0.924. The molecule has 1 fully saturated rings. The molecule has 0 aromatic heterocycles. The number of carbonyl (C=O) groups is 2. The predicted octanol–water partition coefficient (Wildman–Crippen LogP) is 1.71. The Morgan fingerprint density at radius 2 is 2.26 bits per heavy atom. The van der Waals surface area contributed by atoms with Gasteiger partial charge in [0.15, 0.2) is 11.5 Å². The largest absolute Gasteiger partial charge is 0.490 e. The van der Waals surface area contributed by atoms with E-state index in [1.54, 1.807) is 0 Å². The number of carbonyl (C=O) groups excluding carboxylic acids is 1. The molecule has 1 N–H and O–H groups in total. The van der Waals surface area contributed by atoms with E-state index in [1.807, 2.05) is 25.1 Å². The van der Waals surface area contributed by atoms with Crippen LogP contribution < -0.4 is 9.47 Å². The van der Waals surface area contributed by atoms with Crippen molar-refractivity contribution >= 4 is 11.9 Å². The predicted molar refractivity (Wildman–Crippen MR) is 82.7 cm³/mol. The summed E-state index contributed by atoms with van der Waals surface area (Å²) in [6.07, 6.45) is 1.82. The number of carboxylic acids is 1. The van der Waals surface area contributed by atoms with Gasteiger partial charge in [0.2, 0.25) is 5.91 Å². The van der Waals surface area contributed by atoms with Crippen LogP contribution in [0, 0.1) is 5.92 Å². The van der Waals surface area contributed by atoms with Gasteiger partial charge in [0.25, 0.3) is 0 Å². The zero-order chi connectivity index (χ0) is 16.4. The molecule has 3 rings (SSSR count). The summed E-state index contributed by atoms with van der Waals surface area (Å²) in [7, 11) is 0. The molecular weight excluding hydrogens is 298 g/mol. The number of benzene rings is 1. The molecule has 2 aliphatic heterocycles. The molecule has 23 heavy (non-hydrogen) atoms. The number of carboxylic acid groups (broad SMARTS) is 1. The van der Waals surface area contributed by atoms with Crippen molar-refractivity contribution in [1.82, 2.24) is 4.90 Å². The van der Waals surface area contributed by atoms with E-state index >= 15 is 0 Å². The van der Waals surface area contributed by atoms with Crippen molar-refractivity contribution in [3.8, 4) is 11.5 Å². The molecule has 1 aromatic rings. The summed E-state index contributed by atoms with van der Waals surface area (Å²) in [6.45, 7) is 3.24. The van der Waals surface area contributed by atoms with Crippen molar-refractivity contribution in [2.24, 2.45) is 5.92 Å². The monoisotopic (exact) mass is 319 g/mol. The van der Waals surface area contributed by atoms with Gasteiger partial charge in [0, 0.05) is 6.54 Å². The van der Waals surface area contributed by atoms with E-state index in [1.165, 1.54) is 4.90 Å². The first-order valence-corrected chi connectivity index (χ1v) is 8.02. The summed E-state index contributed by atoms with van der Waals surface area (Å²) in [6, 6.07) is 4.97. The smallest absolute Gasteiger partial charge is 0.326 e. The molecule has 0 saturated carbocycles. The molecule has 0 bridgehead atoms. The second kappa shape index (κ2) is 6.48. The van der Waals surface area contributed by atoms with Gasteiger partial charge in [0.1, 0.15) is 12.6 Å². The highest BCUT2D eigenvalue weighted by Crippen LogP contribution is 2.37. The number of hydrogen-bond donors (Lipinski definition) is 1. The number of rotatable bonds is 4. The summed E-state index contributed by atoms with van der Waals surface area (Å²) < 4.78 is 11.3. The highest BCUT2D eigenvalue weighted by molar-refractivity contribution is 5.86. The molecule has 0 radical (unpaired) electrons. The number of hydrogen-bond acceptors (Lipinski definition) is 4. The van der Waals surface area contributed by atoms with Gasteiger partial charge in [-0.05, 0) is 37.8 Å². The second-order valence-corrected chi connectivity index (χ2v) is 5.92. The van der Waals surface area contributed by atoms with Crippen molar-refractivity contribution < 1.29 is 24.2 Å². The van der Waals surface area contributed by atoms with Crippen molar-refractivity contribution in [3.05, 3.63) is 23.8 Å². The molecule has 6 heteroatoms. The summed E-state index contributed by atoms with van der Waals surface area (Å²) in [5, 5.41) is 9.24. The molecule has 2 heterocycles. The van der Waals surface area contributed by atoms with E-state index in [4.69, 9.17) is 9.47 Å². The number of likely N-dealkylation sites (tertiary alicyclic amines) is 1. The van der Waals surface area contributed by atoms with Crippen LogP contribution in [0.5, 0.6) is 11.5 Å². The average Bonchev–Trinajstić information content (AvgIpc) is 3.04. The lowest BCUT2D eigenvalue weighted by atomic mass is 9.95. The molecule has 0 spiro atoms. The molecule has 2 aliphatic rings. The quantitative estimate of drug-likeness (QED) is 0.914. The number of ether oxygens (including phenoxy) is 2. The molecule has 1 saturated heterocycles. The molecule has 2 atom stereocenters. The first-order chi connectivity index (χ1) is 11.1. The van der Waals surface area contributed by atoms with Crippen LogP contribution in [0.1, 0.15) is 25.3 Å². The number of aliphatic carboxylic acids is 1. The van der Waals surface area contributed by atoms with Crippen LogP contribution in [0.25, 0.3) is 0 Å². The Labute approximate surface area is 135 Å². The Bertz CT molecular complexity index is 615. The topological polar surface area (TPSA) is 76.1 Å². The zero-order valence-corrected chi connectivity index (χ0v) is 13.2. The van der Waals surface area contributed by atoms with E-state index in [2.05, 4.69) is 0 Å². The highest BCUT2D eigenvalue weighted by Gasteiger charge is 2.38. The number of nitrogens with zero attached hydrogens (tertiary/aromatic N) is 1. The maximum absolute atomic E-state index is 12.7. The third-order valence-electron chi connectivity index (χ3n) is 4.43. The van der Waals surface area contributed by atoms with Crippen LogP contribution in [-0.2, 0) is 16.0 Å². The average molecular weight is 319 g/mol. The fourth-order valence-corrected chi connectivity index (χ4v) is 3.34. The summed E-state index contributed by atoms with van der Waals surface area (Å²) in [5.41, 5.74) is 0.937. The summed E-state index contributed by atoms with van der Waals surface area (Å²) >= 11 is 0. The van der Waals surface area contributed by atoms with Crippen molar-refractivity contribution in [1.29, 1.82) is 0 Å². The van der Waals surface area contributed by atoms with E-state index in [0.717, 1.165) is 12.0 Å². The first-order valence-electron chi connectivity index (χ1n) is 8.02. The van der Waals surface area contributed by atoms with Crippen LogP contribution in [0.2, 0.25) is 0 Å². The van der Waals surface area contributed by atoms with Gasteiger partial charge < -0.3 is 19.5 Å². The van der Waals surface area contributed by atoms with Crippen molar-refractivity contribution in [3.63, 3.8) is 0 Å². The zero-order valence-electron chi connectivity index (χ0n) is 13.2. The standard InChI is InChI=1S/C17H21NO5/c1-2-22-14-7-3-5-11-9-12(10-23-15(11)14)16(19)18-8-4-6-13(18)17(20)21/h3,5,7,12-13H,2,4,6,8-10H2,1H3,(H,20,21)/t12-,13-/m0/s1. The van der Waals surface area contributed by atoms with Crippen LogP contribution >= 0.6 is 0 Å². The maximum atomic E-state index is 12.7. The Morgan fingerprint density at radius 1 is 1.43 bits per heavy atom. The molecular formula is C17H21NO5. The third kappa shape index (κ3) is 2.98. The third-order valence-corrected chi connectivity index (χ3v) is 4.43. The van der Waals surface area contributed by atoms with Gasteiger partial charge in [-0.15, -0.1) is 0 Å². The molecule has 0 aliphatic carbocycles. The van der Waals surface area contributed by atoms with Crippen LogP contribution in [0.15, 0.2) is 18.2 Å². The van der Waals surface area contributed by atoms with Gasteiger partial charge in [-0.25, -0.2) is 4.79 Å². The lowest BCUT2D eigenvalue weighted by Gasteiger charge is -2.30. The number of para-hydroxylation sites is 1. The lowest BCUT2D eigenvalue weighted by Crippen LogP contribution is -2.46. The maximum Gasteiger partial charge on any atom is 0.326 e. The Kier molecular flexibility index (Phi) is 4.41. The van der Waals surface area contributed by atoms with Gasteiger partial charge in [-0.2, -0.15) is 0 Å². The van der Waals surface area contributed by atoms with Gasteiger partial charge >= 0.3 is 5.97 Å². The fraction of sp³-hybridized carbons (Fsp3) is 0.529. The van der Waals surface area contributed by atoms with E-state index in [9.17, 15) is 14.7 Å². The van der Waals surface area contributed by atoms with Crippen LogP contribution in [0.3, 0.4) is 0 Å². The first kappa shape index (κ1) is 15.6. The Balaban J connectivity index is 1.75. The van der Waals surface area contributed by atoms with Crippen molar-refractivity contribution in [2.45, 2.75) is 32.2 Å². The minimum Gasteiger partial charge on any atom is -0.490 e. The highest BCUT2D eigenvalue weighted by atomic mass is 16.5. The number of amides is 1. The fourth-order valence-electron chi connectivity index (χ4n) is 3.34. The van der Waals surface area contributed by atoms with E-state index in [0.29, 0.717) is 37.5 Å². The SMILES string of the molecule is CCOc1cccc2c1OC[C@@H](C(=O)N1CCC[C@H]1C(=O)O)C2. The molecule has 0 unspecified atom stereocenters. The van der Waals surface area contributed by atoms with Gasteiger partial charge in [-0.1, -0.05) is 12.1 Å². The summed E-state index contributed by atoms with van der Waals surface area (Å²) in [5.74, 6) is 0.0170. The van der Waals surface area contributed by atoms with E-state index in [-0.39, 0.29) is 18.4 Å². The second-order valence-electron chi connectivity index (χ2n) is 5.92. The van der Waals surface area contributed by atoms with Gasteiger partial charge in [0.05, 0.1) is 12.5 Å².